The monoisotopic (exact) mass is 466 g/mol. The van der Waals surface area contributed by atoms with E-state index in [0.29, 0.717) is 11.2 Å². The number of anilines is 3. The number of urea groups is 1. The highest BCUT2D eigenvalue weighted by atomic mass is 32.2. The van der Waals surface area contributed by atoms with Crippen molar-refractivity contribution in [2.24, 2.45) is 0 Å². The zero-order chi connectivity index (χ0) is 22.9. The summed E-state index contributed by atoms with van der Waals surface area (Å²) in [5.74, 6) is 0. The molecule has 3 N–H and O–H groups in total. The van der Waals surface area contributed by atoms with Crippen LogP contribution >= 0.6 is 11.3 Å². The summed E-state index contributed by atoms with van der Waals surface area (Å²) in [5, 5.41) is 5.93. The summed E-state index contributed by atoms with van der Waals surface area (Å²) in [6.07, 6.45) is 0. The van der Waals surface area contributed by atoms with E-state index in [1.807, 2.05) is 45.0 Å². The van der Waals surface area contributed by atoms with Gasteiger partial charge in [0.2, 0.25) is 0 Å². The molecule has 9 heteroatoms. The molecule has 0 bridgehead atoms. The molecule has 1 aromatic heterocycles. The molecule has 0 aliphatic carbocycles. The van der Waals surface area contributed by atoms with Gasteiger partial charge < -0.3 is 10.6 Å². The van der Waals surface area contributed by atoms with Gasteiger partial charge in [-0.3, -0.25) is 4.72 Å². The molecule has 0 aliphatic rings. The molecular formula is C23H22N4O3S2. The Bertz CT molecular complexity index is 1410. The minimum absolute atomic E-state index is 0.175. The summed E-state index contributed by atoms with van der Waals surface area (Å²) in [4.78, 5) is 17.0. The number of aromatic nitrogens is 1. The summed E-state index contributed by atoms with van der Waals surface area (Å²) in [7, 11) is -3.74. The number of rotatable bonds is 5. The van der Waals surface area contributed by atoms with Crippen LogP contribution in [-0.2, 0) is 10.0 Å². The van der Waals surface area contributed by atoms with E-state index in [4.69, 9.17) is 0 Å². The Hall–Kier alpha value is -3.43. The molecule has 0 spiro atoms. The van der Waals surface area contributed by atoms with Crippen LogP contribution in [0.15, 0.2) is 65.6 Å². The van der Waals surface area contributed by atoms with Crippen molar-refractivity contribution in [3.05, 3.63) is 77.4 Å². The standard InChI is InChI=1S/C23H22N4O3S2/c1-14-8-10-18(11-9-14)32(29,30)27-23-26-21-16(3)12-17(13-20(21)31-23)24-22(28)25-19-7-5-4-6-15(19)2/h4-13H,1-3H3,(H,26,27)(H2,24,25,28). The zero-order valence-corrected chi connectivity index (χ0v) is 19.4. The maximum Gasteiger partial charge on any atom is 0.323 e. The van der Waals surface area contributed by atoms with E-state index in [-0.39, 0.29) is 16.1 Å². The largest absolute Gasteiger partial charge is 0.323 e. The van der Waals surface area contributed by atoms with Crippen LogP contribution in [0, 0.1) is 20.8 Å². The number of thiazole rings is 1. The molecule has 164 valence electrons. The van der Waals surface area contributed by atoms with E-state index < -0.39 is 10.0 Å². The third kappa shape index (κ3) is 4.74. The van der Waals surface area contributed by atoms with Crippen molar-refractivity contribution in [2.45, 2.75) is 25.7 Å². The van der Waals surface area contributed by atoms with Crippen LogP contribution in [0.2, 0.25) is 0 Å². The van der Waals surface area contributed by atoms with Crippen molar-refractivity contribution in [3.63, 3.8) is 0 Å². The van der Waals surface area contributed by atoms with E-state index in [2.05, 4.69) is 20.3 Å². The Morgan fingerprint density at radius 2 is 1.62 bits per heavy atom. The predicted molar refractivity (Wildman–Crippen MR) is 130 cm³/mol. The van der Waals surface area contributed by atoms with Gasteiger partial charge in [-0.2, -0.15) is 0 Å². The Kier molecular flexibility index (Phi) is 5.86. The molecule has 7 nitrogen and oxygen atoms in total. The highest BCUT2D eigenvalue weighted by Crippen LogP contribution is 2.32. The molecule has 2 amide bonds. The van der Waals surface area contributed by atoms with Crippen LogP contribution < -0.4 is 15.4 Å². The van der Waals surface area contributed by atoms with Crippen LogP contribution in [0.3, 0.4) is 0 Å². The minimum atomic E-state index is -3.74. The number of carbonyl (C=O) groups is 1. The summed E-state index contributed by atoms with van der Waals surface area (Å²) in [6.45, 7) is 5.68. The lowest BCUT2D eigenvalue weighted by atomic mass is 10.2. The van der Waals surface area contributed by atoms with Crippen molar-refractivity contribution in [1.29, 1.82) is 0 Å². The second-order valence-corrected chi connectivity index (χ2v) is 10.2. The number of para-hydroxylation sites is 1. The quantitative estimate of drug-likeness (QED) is 0.353. The van der Waals surface area contributed by atoms with Gasteiger partial charge in [0.05, 0.1) is 15.1 Å². The topological polar surface area (TPSA) is 100 Å². The number of sulfonamides is 1. The number of hydrogen-bond acceptors (Lipinski definition) is 5. The first-order valence-corrected chi connectivity index (χ1v) is 12.2. The predicted octanol–water partition coefficient (Wildman–Crippen LogP) is 5.67. The smallest absolute Gasteiger partial charge is 0.308 e. The summed E-state index contributed by atoms with van der Waals surface area (Å²) >= 11 is 1.21. The number of benzene rings is 3. The number of hydrogen-bond donors (Lipinski definition) is 3. The molecule has 0 aliphatic heterocycles. The Balaban J connectivity index is 1.55. The van der Waals surface area contributed by atoms with Gasteiger partial charge in [-0.1, -0.05) is 47.2 Å². The molecule has 4 aromatic rings. The van der Waals surface area contributed by atoms with E-state index in [1.54, 1.807) is 36.4 Å². The molecule has 1 heterocycles. The number of amides is 2. The summed E-state index contributed by atoms with van der Waals surface area (Å²) in [5.41, 5.74) is 4.77. The van der Waals surface area contributed by atoms with Crippen molar-refractivity contribution >= 4 is 54.1 Å². The lowest BCUT2D eigenvalue weighted by Crippen LogP contribution is -2.19. The molecule has 0 saturated carbocycles. The number of fused-ring (bicyclic) bond motifs is 1. The molecule has 0 unspecified atom stereocenters. The first-order valence-electron chi connectivity index (χ1n) is 9.85. The first kappa shape index (κ1) is 21.8. The third-order valence-electron chi connectivity index (χ3n) is 4.89. The van der Waals surface area contributed by atoms with Gasteiger partial charge in [0.25, 0.3) is 10.0 Å². The number of nitrogens with one attached hydrogen (secondary N) is 3. The van der Waals surface area contributed by atoms with Crippen LogP contribution in [0.5, 0.6) is 0 Å². The fourth-order valence-electron chi connectivity index (χ4n) is 3.20. The number of aryl methyl sites for hydroxylation is 3. The maximum absolute atomic E-state index is 12.7. The molecule has 3 aromatic carbocycles. The molecule has 4 rings (SSSR count). The SMILES string of the molecule is Cc1ccc(S(=O)(=O)Nc2nc3c(C)cc(NC(=O)Nc4ccccc4C)cc3s2)cc1. The lowest BCUT2D eigenvalue weighted by Gasteiger charge is -2.10. The van der Waals surface area contributed by atoms with E-state index in [1.165, 1.54) is 11.3 Å². The van der Waals surface area contributed by atoms with Gasteiger partial charge >= 0.3 is 6.03 Å². The Morgan fingerprint density at radius 3 is 2.34 bits per heavy atom. The molecule has 0 atom stereocenters. The molecule has 32 heavy (non-hydrogen) atoms. The maximum atomic E-state index is 12.7. The molecule has 0 fully saturated rings. The van der Waals surface area contributed by atoms with Crippen molar-refractivity contribution < 1.29 is 13.2 Å². The van der Waals surface area contributed by atoms with Crippen molar-refractivity contribution in [1.82, 2.24) is 4.98 Å². The van der Waals surface area contributed by atoms with E-state index in [0.717, 1.165) is 27.1 Å². The fourth-order valence-corrected chi connectivity index (χ4v) is 5.42. The van der Waals surface area contributed by atoms with Crippen molar-refractivity contribution in [3.8, 4) is 0 Å². The summed E-state index contributed by atoms with van der Waals surface area (Å²) in [6, 6.07) is 17.4. The van der Waals surface area contributed by atoms with Crippen LogP contribution in [0.4, 0.5) is 21.3 Å². The molecular weight excluding hydrogens is 444 g/mol. The highest BCUT2D eigenvalue weighted by molar-refractivity contribution is 7.93. The van der Waals surface area contributed by atoms with Crippen LogP contribution in [0.1, 0.15) is 16.7 Å². The second-order valence-electron chi connectivity index (χ2n) is 7.47. The lowest BCUT2D eigenvalue weighted by molar-refractivity contribution is 0.262. The van der Waals surface area contributed by atoms with Gasteiger partial charge in [-0.25, -0.2) is 18.2 Å². The average molecular weight is 467 g/mol. The minimum Gasteiger partial charge on any atom is -0.308 e. The van der Waals surface area contributed by atoms with Gasteiger partial charge in [-0.15, -0.1) is 0 Å². The third-order valence-corrected chi connectivity index (χ3v) is 7.29. The number of nitrogens with zero attached hydrogens (tertiary/aromatic N) is 1. The highest BCUT2D eigenvalue weighted by Gasteiger charge is 2.17. The second kappa shape index (κ2) is 8.60. The van der Waals surface area contributed by atoms with Gasteiger partial charge in [-0.05, 0) is 62.2 Å². The van der Waals surface area contributed by atoms with Gasteiger partial charge in [0.1, 0.15) is 0 Å². The molecule has 0 radical (unpaired) electrons. The zero-order valence-electron chi connectivity index (χ0n) is 17.8. The summed E-state index contributed by atoms with van der Waals surface area (Å²) < 4.78 is 28.7. The van der Waals surface area contributed by atoms with E-state index in [9.17, 15) is 13.2 Å². The molecule has 0 saturated heterocycles. The van der Waals surface area contributed by atoms with Crippen LogP contribution in [0.25, 0.3) is 10.2 Å². The first-order chi connectivity index (χ1) is 15.2. The fraction of sp³-hybridized carbons (Fsp3) is 0.130. The van der Waals surface area contributed by atoms with Crippen LogP contribution in [-0.4, -0.2) is 19.4 Å². The van der Waals surface area contributed by atoms with Gasteiger partial charge in [0.15, 0.2) is 5.13 Å². The Labute approximate surface area is 190 Å². The van der Waals surface area contributed by atoms with Crippen molar-refractivity contribution in [2.75, 3.05) is 15.4 Å². The Morgan fingerprint density at radius 1 is 0.906 bits per heavy atom. The average Bonchev–Trinajstić information content (AvgIpc) is 3.12. The van der Waals surface area contributed by atoms with Gasteiger partial charge in [0, 0.05) is 11.4 Å². The number of carbonyl (C=O) groups excluding carboxylic acids is 1. The normalized spacial score (nSPS) is 11.3. The van der Waals surface area contributed by atoms with E-state index >= 15 is 0 Å².